The number of aromatic nitrogens is 3. The van der Waals surface area contributed by atoms with E-state index in [0.717, 1.165) is 29.8 Å². The van der Waals surface area contributed by atoms with Crippen LogP contribution in [0.1, 0.15) is 42.5 Å². The first-order chi connectivity index (χ1) is 13.8. The molecule has 5 nitrogen and oxygen atoms in total. The maximum absolute atomic E-state index is 8.46. The summed E-state index contributed by atoms with van der Waals surface area (Å²) in [6, 6.07) is 21.3. The van der Waals surface area contributed by atoms with Crippen LogP contribution in [-0.4, -0.2) is 27.3 Å². The van der Waals surface area contributed by atoms with E-state index in [1.165, 1.54) is 5.56 Å². The first-order valence-electron chi connectivity index (χ1n) is 9.81. The van der Waals surface area contributed by atoms with Crippen LogP contribution < -0.4 is 0 Å². The number of hydrogen-bond donors (Lipinski definition) is 1. The molecule has 1 radical (unpaired) electrons. The Kier molecular flexibility index (Phi) is 7.50. The van der Waals surface area contributed by atoms with E-state index < -0.39 is 0 Å². The minimum absolute atomic E-state index is 0.127. The van der Waals surface area contributed by atoms with Crippen molar-refractivity contribution in [3.8, 4) is 0 Å². The van der Waals surface area contributed by atoms with Crippen LogP contribution >= 0.6 is 0 Å². The molecule has 0 aliphatic carbocycles. The fourth-order valence-corrected chi connectivity index (χ4v) is 3.20. The van der Waals surface area contributed by atoms with Gasteiger partial charge in [0.15, 0.2) is 0 Å². The second kappa shape index (κ2) is 10.5. The Bertz CT molecular complexity index is 845. The minimum Gasteiger partial charge on any atom is -0.375 e. The lowest BCUT2D eigenvalue weighted by Crippen LogP contribution is -2.12. The summed E-state index contributed by atoms with van der Waals surface area (Å²) >= 11 is 0. The number of nitrogens with zero attached hydrogens (tertiary/aromatic N) is 3. The monoisotopic (exact) mass is 375 g/mol. The summed E-state index contributed by atoms with van der Waals surface area (Å²) in [6.45, 7) is 3.99. The molecular formula is C23H27N4O. The van der Waals surface area contributed by atoms with E-state index >= 15 is 0 Å². The molecular weight excluding hydrogens is 348 g/mol. The van der Waals surface area contributed by atoms with Gasteiger partial charge in [-0.3, -0.25) is 0 Å². The van der Waals surface area contributed by atoms with Crippen LogP contribution in [0.2, 0.25) is 0 Å². The van der Waals surface area contributed by atoms with Gasteiger partial charge in [-0.1, -0.05) is 66.7 Å². The largest absolute Gasteiger partial charge is 0.375 e. The van der Waals surface area contributed by atoms with E-state index in [4.69, 9.17) is 10.1 Å². The Morgan fingerprint density at radius 1 is 1.18 bits per heavy atom. The van der Waals surface area contributed by atoms with Gasteiger partial charge in [-0.25, -0.2) is 4.68 Å². The first kappa shape index (κ1) is 20.0. The van der Waals surface area contributed by atoms with Gasteiger partial charge >= 0.3 is 0 Å². The zero-order chi connectivity index (χ0) is 19.6. The van der Waals surface area contributed by atoms with Gasteiger partial charge in [0.25, 0.3) is 0 Å². The number of rotatable bonds is 11. The highest BCUT2D eigenvalue weighted by Gasteiger charge is 2.15. The molecule has 1 atom stereocenters. The zero-order valence-electron chi connectivity index (χ0n) is 16.3. The van der Waals surface area contributed by atoms with E-state index in [1.54, 1.807) is 0 Å². The van der Waals surface area contributed by atoms with Gasteiger partial charge < -0.3 is 10.1 Å². The molecule has 145 valence electrons. The molecule has 5 heteroatoms. The molecule has 1 aromatic heterocycles. The quantitative estimate of drug-likeness (QED) is 0.398. The van der Waals surface area contributed by atoms with Crippen LogP contribution in [0.4, 0.5) is 0 Å². The third kappa shape index (κ3) is 5.86. The van der Waals surface area contributed by atoms with E-state index in [-0.39, 0.29) is 5.92 Å². The number of aryl methyl sites for hydroxylation is 1. The van der Waals surface area contributed by atoms with Crippen molar-refractivity contribution >= 4 is 5.71 Å². The Morgan fingerprint density at radius 2 is 2.00 bits per heavy atom. The zero-order valence-corrected chi connectivity index (χ0v) is 16.3. The van der Waals surface area contributed by atoms with Crippen molar-refractivity contribution in [1.82, 2.24) is 15.0 Å². The lowest BCUT2D eigenvalue weighted by Gasteiger charge is -2.16. The third-order valence-electron chi connectivity index (χ3n) is 4.75. The fraction of sp³-hybridized carbons (Fsp3) is 0.348. The van der Waals surface area contributed by atoms with Crippen LogP contribution in [0.5, 0.6) is 0 Å². The molecule has 0 saturated carbocycles. The maximum atomic E-state index is 8.46. The molecule has 3 aromatic rings. The Hall–Kier alpha value is -2.79. The summed E-state index contributed by atoms with van der Waals surface area (Å²) in [4.78, 5) is 0. The molecule has 0 aliphatic rings. The average molecular weight is 375 g/mol. The van der Waals surface area contributed by atoms with Crippen LogP contribution in [-0.2, 0) is 24.3 Å². The summed E-state index contributed by atoms with van der Waals surface area (Å²) in [7, 11) is 0. The number of hydrogen-bond acceptors (Lipinski definition) is 4. The summed E-state index contributed by atoms with van der Waals surface area (Å²) in [6.07, 6.45) is 4.27. The van der Waals surface area contributed by atoms with Gasteiger partial charge in [0.2, 0.25) is 0 Å². The lowest BCUT2D eigenvalue weighted by molar-refractivity contribution is 0.110. The molecule has 28 heavy (non-hydrogen) atoms. The smallest absolute Gasteiger partial charge is 0.0830 e. The Morgan fingerprint density at radius 3 is 2.75 bits per heavy atom. The van der Waals surface area contributed by atoms with Gasteiger partial charge in [-0.15, -0.1) is 5.10 Å². The van der Waals surface area contributed by atoms with E-state index in [9.17, 15) is 0 Å². The highest BCUT2D eigenvalue weighted by atomic mass is 16.5. The second-order valence-corrected chi connectivity index (χ2v) is 6.82. The van der Waals surface area contributed by atoms with Crippen LogP contribution in [0.15, 0.2) is 60.8 Å². The maximum Gasteiger partial charge on any atom is 0.0830 e. The standard InChI is InChI=1S/C23H27N4O/c1-2-22(20-11-7-4-8-12-20)23(24)14-13-21-17-27(26-25-21)15-16-28-18-19-9-5-3-6-10-19/h3-11,17,22,24H,2,13-16,18H2,1H3/t22-/m0/s1. The molecule has 3 rings (SSSR count). The molecule has 0 spiro atoms. The summed E-state index contributed by atoms with van der Waals surface area (Å²) in [5.74, 6) is 0.127. The fourth-order valence-electron chi connectivity index (χ4n) is 3.20. The third-order valence-corrected chi connectivity index (χ3v) is 4.75. The van der Waals surface area contributed by atoms with Crippen molar-refractivity contribution in [3.05, 3.63) is 83.7 Å². The summed E-state index contributed by atoms with van der Waals surface area (Å²) in [5, 5.41) is 16.9. The van der Waals surface area contributed by atoms with Crippen molar-refractivity contribution < 1.29 is 4.74 Å². The topological polar surface area (TPSA) is 63.8 Å². The number of nitrogens with one attached hydrogen (secondary N) is 1. The van der Waals surface area contributed by atoms with Crippen molar-refractivity contribution in [2.45, 2.75) is 45.3 Å². The molecule has 0 bridgehead atoms. The van der Waals surface area contributed by atoms with Crippen LogP contribution in [0.3, 0.4) is 0 Å². The van der Waals surface area contributed by atoms with Crippen molar-refractivity contribution in [3.63, 3.8) is 0 Å². The SMILES string of the molecule is CC[C@H](C(=N)CCc1cn(CCOCc2ccccc2)nn1)c1[c]cccc1. The van der Waals surface area contributed by atoms with Crippen molar-refractivity contribution in [1.29, 1.82) is 5.41 Å². The van der Waals surface area contributed by atoms with E-state index in [0.29, 0.717) is 26.2 Å². The highest BCUT2D eigenvalue weighted by Crippen LogP contribution is 2.22. The normalized spacial score (nSPS) is 12.0. The van der Waals surface area contributed by atoms with Gasteiger partial charge in [0, 0.05) is 17.8 Å². The van der Waals surface area contributed by atoms with Crippen molar-refractivity contribution in [2.24, 2.45) is 0 Å². The Balaban J connectivity index is 1.42. The first-order valence-corrected chi connectivity index (χ1v) is 9.81. The minimum atomic E-state index is 0.127. The molecule has 0 amide bonds. The van der Waals surface area contributed by atoms with E-state index in [1.807, 2.05) is 47.3 Å². The van der Waals surface area contributed by atoms with E-state index in [2.05, 4.69) is 41.5 Å². The molecule has 2 aromatic carbocycles. The van der Waals surface area contributed by atoms with Gasteiger partial charge in [-0.2, -0.15) is 0 Å². The molecule has 0 aliphatic heterocycles. The average Bonchev–Trinajstić information content (AvgIpc) is 3.20. The Labute approximate surface area is 166 Å². The predicted molar refractivity (Wildman–Crippen MR) is 110 cm³/mol. The second-order valence-electron chi connectivity index (χ2n) is 6.82. The molecule has 1 heterocycles. The van der Waals surface area contributed by atoms with Gasteiger partial charge in [0.05, 0.1) is 25.5 Å². The predicted octanol–water partition coefficient (Wildman–Crippen LogP) is 4.44. The van der Waals surface area contributed by atoms with Gasteiger partial charge in [0.1, 0.15) is 0 Å². The number of ether oxygens (including phenoxy) is 1. The number of benzene rings is 2. The highest BCUT2D eigenvalue weighted by molar-refractivity contribution is 5.88. The molecule has 0 saturated heterocycles. The summed E-state index contributed by atoms with van der Waals surface area (Å²) < 4.78 is 7.51. The lowest BCUT2D eigenvalue weighted by atomic mass is 9.89. The van der Waals surface area contributed by atoms with Gasteiger partial charge in [-0.05, 0) is 36.5 Å². The van der Waals surface area contributed by atoms with Crippen LogP contribution in [0.25, 0.3) is 0 Å². The van der Waals surface area contributed by atoms with Crippen molar-refractivity contribution in [2.75, 3.05) is 6.61 Å². The molecule has 0 fully saturated rings. The molecule has 1 N–H and O–H groups in total. The van der Waals surface area contributed by atoms with Crippen LogP contribution in [0, 0.1) is 11.5 Å². The summed E-state index contributed by atoms with van der Waals surface area (Å²) in [5.41, 5.74) is 3.90. The molecule has 0 unspecified atom stereocenters.